The molecule has 4 nitrogen and oxygen atoms in total. The standard InChI is InChI=1S/C13H16N4/c14-9-2-4-11-12(6-9)16-13(15-11)17-7-8-1-3-10(17)5-8/h2,4,6,8,10H,1,3,5,7,14H2,(H,15,16). The van der Waals surface area contributed by atoms with Crippen LogP contribution >= 0.6 is 0 Å². The summed E-state index contributed by atoms with van der Waals surface area (Å²) in [5.74, 6) is 1.91. The van der Waals surface area contributed by atoms with Crippen molar-refractivity contribution in [1.82, 2.24) is 9.97 Å². The summed E-state index contributed by atoms with van der Waals surface area (Å²) in [5.41, 5.74) is 8.63. The van der Waals surface area contributed by atoms with Gasteiger partial charge in [0, 0.05) is 18.3 Å². The number of piperidine rings is 1. The van der Waals surface area contributed by atoms with E-state index in [1.807, 2.05) is 18.2 Å². The van der Waals surface area contributed by atoms with Crippen molar-refractivity contribution in [2.24, 2.45) is 5.92 Å². The van der Waals surface area contributed by atoms with E-state index in [-0.39, 0.29) is 0 Å². The molecule has 2 aromatic rings. The number of nitrogens with one attached hydrogen (secondary N) is 1. The summed E-state index contributed by atoms with van der Waals surface area (Å²) in [6.45, 7) is 1.17. The lowest BCUT2D eigenvalue weighted by molar-refractivity contribution is 0.548. The van der Waals surface area contributed by atoms with Gasteiger partial charge in [-0.3, -0.25) is 0 Å². The van der Waals surface area contributed by atoms with Gasteiger partial charge in [-0.2, -0.15) is 0 Å². The summed E-state index contributed by atoms with van der Waals surface area (Å²) in [7, 11) is 0. The van der Waals surface area contributed by atoms with Crippen molar-refractivity contribution in [2.75, 3.05) is 17.2 Å². The number of fused-ring (bicyclic) bond motifs is 3. The summed E-state index contributed by atoms with van der Waals surface area (Å²) in [4.78, 5) is 10.5. The van der Waals surface area contributed by atoms with E-state index in [0.29, 0.717) is 6.04 Å². The van der Waals surface area contributed by atoms with E-state index < -0.39 is 0 Å². The Bertz CT molecular complexity index is 574. The van der Waals surface area contributed by atoms with Gasteiger partial charge in [0.05, 0.1) is 11.0 Å². The first kappa shape index (κ1) is 9.33. The SMILES string of the molecule is Nc1ccc2nc(N3CC4CCC3C4)[nH]c2c1. The lowest BCUT2D eigenvalue weighted by atomic mass is 10.1. The molecule has 2 heterocycles. The summed E-state index contributed by atoms with van der Waals surface area (Å²) < 4.78 is 0. The van der Waals surface area contributed by atoms with Gasteiger partial charge in [0.1, 0.15) is 0 Å². The van der Waals surface area contributed by atoms with Crippen molar-refractivity contribution in [2.45, 2.75) is 25.3 Å². The summed E-state index contributed by atoms with van der Waals surface area (Å²) in [6, 6.07) is 6.56. The fourth-order valence-corrected chi connectivity index (χ4v) is 3.33. The average molecular weight is 228 g/mol. The van der Waals surface area contributed by atoms with Gasteiger partial charge in [-0.1, -0.05) is 0 Å². The number of hydrogen-bond donors (Lipinski definition) is 2. The third kappa shape index (κ3) is 1.33. The van der Waals surface area contributed by atoms with Crippen LogP contribution in [0.2, 0.25) is 0 Å². The Kier molecular flexibility index (Phi) is 1.73. The largest absolute Gasteiger partial charge is 0.399 e. The number of imidazole rings is 1. The highest BCUT2D eigenvalue weighted by Gasteiger charge is 2.38. The molecule has 2 fully saturated rings. The van der Waals surface area contributed by atoms with Gasteiger partial charge >= 0.3 is 0 Å². The van der Waals surface area contributed by atoms with Gasteiger partial charge in [0.2, 0.25) is 5.95 Å². The number of H-pyrrole nitrogens is 1. The fraction of sp³-hybridized carbons (Fsp3) is 0.462. The van der Waals surface area contributed by atoms with Crippen molar-refractivity contribution in [3.05, 3.63) is 18.2 Å². The number of nitrogens with zero attached hydrogens (tertiary/aromatic N) is 2. The number of nitrogens with two attached hydrogens (primary N) is 1. The second kappa shape index (κ2) is 3.15. The molecular formula is C13H16N4. The molecule has 17 heavy (non-hydrogen) atoms. The molecule has 4 rings (SSSR count). The maximum atomic E-state index is 5.79. The Morgan fingerprint density at radius 1 is 1.35 bits per heavy atom. The molecule has 1 saturated heterocycles. The number of benzene rings is 1. The smallest absolute Gasteiger partial charge is 0.204 e. The number of hydrogen-bond acceptors (Lipinski definition) is 3. The third-order valence-corrected chi connectivity index (χ3v) is 4.17. The van der Waals surface area contributed by atoms with Crippen LogP contribution in [0.1, 0.15) is 19.3 Å². The molecule has 88 valence electrons. The van der Waals surface area contributed by atoms with Gasteiger partial charge in [0.15, 0.2) is 0 Å². The van der Waals surface area contributed by atoms with Gasteiger partial charge in [-0.15, -0.1) is 0 Å². The Morgan fingerprint density at radius 3 is 3.06 bits per heavy atom. The average Bonchev–Trinajstić information content (AvgIpc) is 3.01. The van der Waals surface area contributed by atoms with Crippen molar-refractivity contribution in [3.8, 4) is 0 Å². The summed E-state index contributed by atoms with van der Waals surface area (Å²) >= 11 is 0. The van der Waals surface area contributed by atoms with Crippen LogP contribution in [-0.2, 0) is 0 Å². The van der Waals surface area contributed by atoms with E-state index >= 15 is 0 Å². The Morgan fingerprint density at radius 2 is 2.29 bits per heavy atom. The van der Waals surface area contributed by atoms with Crippen LogP contribution in [0.4, 0.5) is 11.6 Å². The van der Waals surface area contributed by atoms with Crippen LogP contribution in [0.3, 0.4) is 0 Å². The number of aromatic nitrogens is 2. The van der Waals surface area contributed by atoms with Gasteiger partial charge in [-0.05, 0) is 43.4 Å². The van der Waals surface area contributed by atoms with Crippen LogP contribution in [-0.4, -0.2) is 22.6 Å². The minimum absolute atomic E-state index is 0.706. The van der Waals surface area contributed by atoms with Gasteiger partial charge < -0.3 is 15.6 Å². The lowest BCUT2D eigenvalue weighted by Crippen LogP contribution is -2.32. The van der Waals surface area contributed by atoms with E-state index in [9.17, 15) is 0 Å². The highest BCUT2D eigenvalue weighted by molar-refractivity contribution is 5.81. The topological polar surface area (TPSA) is 57.9 Å². The van der Waals surface area contributed by atoms with Crippen LogP contribution in [0.25, 0.3) is 11.0 Å². The van der Waals surface area contributed by atoms with E-state index in [0.717, 1.165) is 28.6 Å². The van der Waals surface area contributed by atoms with Crippen LogP contribution in [0, 0.1) is 5.92 Å². The minimum Gasteiger partial charge on any atom is -0.399 e. The molecule has 1 saturated carbocycles. The maximum Gasteiger partial charge on any atom is 0.204 e. The molecule has 1 aromatic heterocycles. The minimum atomic E-state index is 0.706. The third-order valence-electron chi connectivity index (χ3n) is 4.17. The number of anilines is 2. The van der Waals surface area contributed by atoms with Crippen LogP contribution in [0.15, 0.2) is 18.2 Å². The second-order valence-electron chi connectivity index (χ2n) is 5.32. The van der Waals surface area contributed by atoms with E-state index in [1.165, 1.54) is 25.8 Å². The van der Waals surface area contributed by atoms with E-state index in [1.54, 1.807) is 0 Å². The molecule has 2 unspecified atom stereocenters. The molecule has 0 amide bonds. The van der Waals surface area contributed by atoms with Crippen molar-refractivity contribution >= 4 is 22.7 Å². The molecule has 0 spiro atoms. The van der Waals surface area contributed by atoms with Crippen molar-refractivity contribution in [3.63, 3.8) is 0 Å². The number of nitrogen functional groups attached to an aromatic ring is 1. The molecule has 1 aromatic carbocycles. The normalized spacial score (nSPS) is 27.2. The van der Waals surface area contributed by atoms with Crippen LogP contribution in [0.5, 0.6) is 0 Å². The first-order valence-electron chi connectivity index (χ1n) is 6.31. The fourth-order valence-electron chi connectivity index (χ4n) is 3.33. The van der Waals surface area contributed by atoms with Gasteiger partial charge in [-0.25, -0.2) is 4.98 Å². The highest BCUT2D eigenvalue weighted by atomic mass is 15.3. The molecule has 1 aliphatic carbocycles. The molecule has 1 aliphatic heterocycles. The number of aromatic amines is 1. The zero-order chi connectivity index (χ0) is 11.4. The Hall–Kier alpha value is -1.71. The molecule has 4 heteroatoms. The molecule has 2 atom stereocenters. The molecule has 0 radical (unpaired) electrons. The predicted octanol–water partition coefficient (Wildman–Crippen LogP) is 2.13. The first-order chi connectivity index (χ1) is 8.29. The highest BCUT2D eigenvalue weighted by Crippen LogP contribution is 2.39. The second-order valence-corrected chi connectivity index (χ2v) is 5.32. The maximum absolute atomic E-state index is 5.79. The van der Waals surface area contributed by atoms with E-state index in [4.69, 9.17) is 5.73 Å². The molecule has 3 N–H and O–H groups in total. The zero-order valence-electron chi connectivity index (χ0n) is 9.69. The monoisotopic (exact) mass is 228 g/mol. The lowest BCUT2D eigenvalue weighted by Gasteiger charge is -2.26. The molecular weight excluding hydrogens is 212 g/mol. The predicted molar refractivity (Wildman–Crippen MR) is 69.0 cm³/mol. The van der Waals surface area contributed by atoms with Crippen molar-refractivity contribution in [1.29, 1.82) is 0 Å². The summed E-state index contributed by atoms with van der Waals surface area (Å²) in [6.07, 6.45) is 4.07. The first-order valence-corrected chi connectivity index (χ1v) is 6.31. The Labute approximate surface area is 99.8 Å². The molecule has 2 aliphatic rings. The van der Waals surface area contributed by atoms with Crippen LogP contribution < -0.4 is 10.6 Å². The van der Waals surface area contributed by atoms with Crippen molar-refractivity contribution < 1.29 is 0 Å². The zero-order valence-corrected chi connectivity index (χ0v) is 9.69. The summed E-state index contributed by atoms with van der Waals surface area (Å²) in [5, 5.41) is 0. The Balaban J connectivity index is 1.76. The number of rotatable bonds is 1. The molecule has 2 bridgehead atoms. The quantitative estimate of drug-likeness (QED) is 0.735. The van der Waals surface area contributed by atoms with E-state index in [2.05, 4.69) is 14.9 Å². The van der Waals surface area contributed by atoms with Gasteiger partial charge in [0.25, 0.3) is 0 Å².